The number of rotatable bonds is 2. The molecule has 0 fully saturated rings. The van der Waals surface area contributed by atoms with Crippen LogP contribution in [0, 0.1) is 0 Å². The molecule has 70 valence electrons. The van der Waals surface area contributed by atoms with Gasteiger partial charge in [-0.2, -0.15) is 5.10 Å². The predicted octanol–water partition coefficient (Wildman–Crippen LogP) is 3.30. The first-order chi connectivity index (χ1) is 6.27. The van der Waals surface area contributed by atoms with Gasteiger partial charge in [-0.25, -0.2) is 3.64 Å². The third-order valence-corrected chi connectivity index (χ3v) is 2.60. The molecule has 0 unspecified atom stereocenters. The van der Waals surface area contributed by atoms with Crippen LogP contribution >= 0.6 is 46.2 Å². The van der Waals surface area contributed by atoms with Crippen LogP contribution in [0.3, 0.4) is 0 Å². The summed E-state index contributed by atoms with van der Waals surface area (Å²) in [4.78, 5) is 0. The largest absolute Gasteiger partial charge is 0.249 e. The van der Waals surface area contributed by atoms with Crippen LogP contribution in [0.4, 0.5) is 0 Å². The summed E-state index contributed by atoms with van der Waals surface area (Å²) in [6.07, 6.45) is 1.98. The highest BCUT2D eigenvalue weighted by atomic mass is 127. The van der Waals surface area contributed by atoms with E-state index in [1.807, 2.05) is 53.4 Å². The monoisotopic (exact) mass is 326 g/mol. The summed E-state index contributed by atoms with van der Waals surface area (Å²) < 4.78 is 2.73. The van der Waals surface area contributed by atoms with Crippen molar-refractivity contribution in [2.75, 3.05) is 6.26 Å². The fourth-order valence-electron chi connectivity index (χ4n) is 0.888. The molecule has 0 amide bonds. The first-order valence-electron chi connectivity index (χ1n) is 3.51. The number of thioether (sulfide) groups is 1. The van der Waals surface area contributed by atoms with Gasteiger partial charge in [0, 0.05) is 10.6 Å². The lowest BCUT2D eigenvalue weighted by Crippen LogP contribution is -1.98. The lowest BCUT2D eigenvalue weighted by Gasteiger charge is -2.02. The third-order valence-electron chi connectivity index (χ3n) is 1.41. The average Bonchev–Trinajstić information content (AvgIpc) is 2.14. The Kier molecular flexibility index (Phi) is 4.90. The molecule has 0 spiro atoms. The molecular weight excluding hydrogens is 319 g/mol. The van der Waals surface area contributed by atoms with E-state index in [2.05, 4.69) is 8.74 Å². The summed E-state index contributed by atoms with van der Waals surface area (Å²) in [5, 5.41) is 5.77. The molecule has 5 heteroatoms. The minimum absolute atomic E-state index is 0.729. The van der Waals surface area contributed by atoms with E-state index >= 15 is 0 Å². The first-order valence-corrected chi connectivity index (χ1v) is 6.19. The van der Waals surface area contributed by atoms with E-state index in [0.717, 1.165) is 15.6 Å². The third kappa shape index (κ3) is 3.36. The Labute approximate surface area is 101 Å². The van der Waals surface area contributed by atoms with Crippen molar-refractivity contribution in [3.63, 3.8) is 0 Å². The molecule has 1 aromatic rings. The second-order valence-electron chi connectivity index (χ2n) is 2.22. The molecule has 2 nitrogen and oxygen atoms in total. The predicted molar refractivity (Wildman–Crippen MR) is 68.7 cm³/mol. The number of halogens is 2. The molecular formula is C8H8ClIN2S. The molecule has 13 heavy (non-hydrogen) atoms. The summed E-state index contributed by atoms with van der Waals surface area (Å²) in [6.45, 7) is 0. The van der Waals surface area contributed by atoms with Gasteiger partial charge in [-0.15, -0.1) is 11.8 Å². The van der Waals surface area contributed by atoms with E-state index in [1.165, 1.54) is 0 Å². The molecule has 1 rings (SSSR count). The van der Waals surface area contributed by atoms with Crippen LogP contribution in [-0.2, 0) is 0 Å². The molecule has 0 saturated carbocycles. The van der Waals surface area contributed by atoms with Gasteiger partial charge in [0.15, 0.2) is 0 Å². The molecule has 0 heterocycles. The zero-order valence-electron chi connectivity index (χ0n) is 6.92. The van der Waals surface area contributed by atoms with Gasteiger partial charge in [0.05, 0.1) is 22.9 Å². The second-order valence-corrected chi connectivity index (χ2v) is 3.93. The lowest BCUT2D eigenvalue weighted by atomic mass is 10.2. The molecule has 0 atom stereocenters. The van der Waals surface area contributed by atoms with Crippen molar-refractivity contribution < 1.29 is 0 Å². The molecule has 0 aliphatic carbocycles. The smallest absolute Gasteiger partial charge is 0.124 e. The Hall–Kier alpha value is 0.0600. The maximum atomic E-state index is 5.86. The summed E-state index contributed by atoms with van der Waals surface area (Å²) >= 11 is 9.42. The van der Waals surface area contributed by atoms with E-state index < -0.39 is 0 Å². The minimum atomic E-state index is 0.729. The van der Waals surface area contributed by atoms with Gasteiger partial charge in [-0.1, -0.05) is 23.7 Å². The first kappa shape index (κ1) is 11.1. The fraction of sp³-hybridized carbons (Fsp3) is 0.125. The molecule has 0 aromatic heterocycles. The highest BCUT2D eigenvalue weighted by molar-refractivity contribution is 14.1. The van der Waals surface area contributed by atoms with Crippen LogP contribution < -0.4 is 3.64 Å². The Morgan fingerprint density at radius 3 is 2.92 bits per heavy atom. The Balaban J connectivity index is 2.98. The second kappa shape index (κ2) is 5.72. The summed E-state index contributed by atoms with van der Waals surface area (Å²) in [5.41, 5.74) is 1.03. The molecule has 1 aromatic carbocycles. The number of benzene rings is 1. The molecule has 0 aliphatic heterocycles. The van der Waals surface area contributed by atoms with Crippen LogP contribution in [-0.4, -0.2) is 11.3 Å². The van der Waals surface area contributed by atoms with Crippen LogP contribution in [0.1, 0.15) is 5.56 Å². The van der Waals surface area contributed by atoms with Gasteiger partial charge in [0.25, 0.3) is 0 Å². The van der Waals surface area contributed by atoms with E-state index in [4.69, 9.17) is 11.6 Å². The van der Waals surface area contributed by atoms with Gasteiger partial charge in [0.2, 0.25) is 0 Å². The quantitative estimate of drug-likeness (QED) is 0.296. The topological polar surface area (TPSA) is 24.4 Å². The molecule has 0 aliphatic rings. The molecule has 0 bridgehead atoms. The normalized spacial score (nSPS) is 11.5. The Morgan fingerprint density at radius 2 is 2.38 bits per heavy atom. The van der Waals surface area contributed by atoms with Crippen LogP contribution in [0.25, 0.3) is 0 Å². The van der Waals surface area contributed by atoms with Crippen molar-refractivity contribution in [3.05, 3.63) is 34.9 Å². The number of hydrogen-bond acceptors (Lipinski definition) is 3. The molecule has 0 radical (unpaired) electrons. The van der Waals surface area contributed by atoms with E-state index in [0.29, 0.717) is 0 Å². The van der Waals surface area contributed by atoms with Crippen LogP contribution in [0.5, 0.6) is 0 Å². The van der Waals surface area contributed by atoms with Gasteiger partial charge in [-0.3, -0.25) is 0 Å². The number of nitrogens with zero attached hydrogens (tertiary/aromatic N) is 1. The Bertz CT molecular complexity index is 317. The highest BCUT2D eigenvalue weighted by Gasteiger charge is 2.01. The van der Waals surface area contributed by atoms with E-state index in [9.17, 15) is 0 Å². The fourth-order valence-corrected chi connectivity index (χ4v) is 1.98. The standard InChI is InChI=1S/C8H8ClIN2S/c1-13-8(11-12-10)6-3-2-4-7(9)5-6/h2-5,12H,1H3. The maximum Gasteiger partial charge on any atom is 0.124 e. The van der Waals surface area contributed by atoms with Crippen molar-refractivity contribution >= 4 is 51.3 Å². The number of hydrazone groups is 1. The lowest BCUT2D eigenvalue weighted by molar-refractivity contribution is 1.18. The zero-order chi connectivity index (χ0) is 9.68. The van der Waals surface area contributed by atoms with Gasteiger partial charge >= 0.3 is 0 Å². The molecule has 0 saturated heterocycles. The van der Waals surface area contributed by atoms with Crippen LogP contribution in [0.15, 0.2) is 29.4 Å². The zero-order valence-corrected chi connectivity index (χ0v) is 10.7. The SMILES string of the molecule is CSC(=NNI)c1cccc(Cl)c1. The average molecular weight is 327 g/mol. The molecule has 1 N–H and O–H groups in total. The number of nitrogens with one attached hydrogen (secondary N) is 1. The summed E-state index contributed by atoms with van der Waals surface area (Å²) in [5.74, 6) is 0. The van der Waals surface area contributed by atoms with E-state index in [-0.39, 0.29) is 0 Å². The van der Waals surface area contributed by atoms with Gasteiger partial charge in [-0.05, 0) is 18.4 Å². The van der Waals surface area contributed by atoms with Gasteiger partial charge < -0.3 is 0 Å². The van der Waals surface area contributed by atoms with Crippen molar-refractivity contribution in [2.24, 2.45) is 5.10 Å². The van der Waals surface area contributed by atoms with Crippen molar-refractivity contribution in [1.82, 2.24) is 3.64 Å². The summed E-state index contributed by atoms with van der Waals surface area (Å²) in [7, 11) is 0. The maximum absolute atomic E-state index is 5.86. The van der Waals surface area contributed by atoms with Crippen molar-refractivity contribution in [2.45, 2.75) is 0 Å². The summed E-state index contributed by atoms with van der Waals surface area (Å²) in [6, 6.07) is 7.64. The number of hydrogen-bond donors (Lipinski definition) is 1. The van der Waals surface area contributed by atoms with Crippen molar-refractivity contribution in [1.29, 1.82) is 0 Å². The minimum Gasteiger partial charge on any atom is -0.249 e. The highest BCUT2D eigenvalue weighted by Crippen LogP contribution is 2.15. The van der Waals surface area contributed by atoms with Crippen LogP contribution in [0.2, 0.25) is 5.02 Å². The Morgan fingerprint density at radius 1 is 1.62 bits per heavy atom. The van der Waals surface area contributed by atoms with Crippen molar-refractivity contribution in [3.8, 4) is 0 Å². The van der Waals surface area contributed by atoms with Gasteiger partial charge in [0.1, 0.15) is 5.04 Å². The van der Waals surface area contributed by atoms with E-state index in [1.54, 1.807) is 11.8 Å².